The van der Waals surface area contributed by atoms with E-state index in [1.54, 1.807) is 0 Å². The Balaban J connectivity index is 3.64. The average Bonchev–Trinajstić information content (AvgIpc) is 2.32. The van der Waals surface area contributed by atoms with Crippen LogP contribution in [-0.2, 0) is 9.53 Å². The molecule has 0 radical (unpaired) electrons. The van der Waals surface area contributed by atoms with Gasteiger partial charge in [0.2, 0.25) is 0 Å². The van der Waals surface area contributed by atoms with Gasteiger partial charge in [0.05, 0.1) is 6.61 Å². The van der Waals surface area contributed by atoms with Crippen molar-refractivity contribution < 1.29 is 19.4 Å². The maximum atomic E-state index is 11.4. The Morgan fingerprint density at radius 1 is 1.16 bits per heavy atom. The van der Waals surface area contributed by atoms with Gasteiger partial charge in [0.15, 0.2) is 0 Å². The van der Waals surface area contributed by atoms with E-state index >= 15 is 0 Å². The highest BCUT2D eigenvalue weighted by Gasteiger charge is 2.19. The van der Waals surface area contributed by atoms with Crippen LogP contribution in [0.1, 0.15) is 40.0 Å². The predicted molar refractivity (Wildman–Crippen MR) is 73.2 cm³/mol. The van der Waals surface area contributed by atoms with Crippen LogP contribution in [0.15, 0.2) is 0 Å². The third-order valence-corrected chi connectivity index (χ3v) is 2.84. The highest BCUT2D eigenvalue weighted by Crippen LogP contribution is 2.25. The summed E-state index contributed by atoms with van der Waals surface area (Å²) in [4.78, 5) is 21.9. The summed E-state index contributed by atoms with van der Waals surface area (Å²) in [5.41, 5.74) is -0.0863. The smallest absolute Gasteiger partial charge is 0.314 e. The van der Waals surface area contributed by atoms with E-state index in [-0.39, 0.29) is 17.9 Å². The van der Waals surface area contributed by atoms with Crippen LogP contribution < -0.4 is 10.6 Å². The summed E-state index contributed by atoms with van der Waals surface area (Å²) < 4.78 is 5.10. The van der Waals surface area contributed by atoms with Crippen LogP contribution in [0.5, 0.6) is 0 Å². The average molecular weight is 274 g/mol. The third kappa shape index (κ3) is 11.5. The lowest BCUT2D eigenvalue weighted by Gasteiger charge is -2.23. The van der Waals surface area contributed by atoms with Gasteiger partial charge in [-0.2, -0.15) is 0 Å². The molecule has 19 heavy (non-hydrogen) atoms. The fraction of sp³-hybridized carbons (Fsp3) is 0.846. The number of hydrogen-bond acceptors (Lipinski definition) is 3. The van der Waals surface area contributed by atoms with Crippen molar-refractivity contribution in [2.24, 2.45) is 5.41 Å². The largest absolute Gasteiger partial charge is 0.481 e. The number of carboxylic acids is 1. The summed E-state index contributed by atoms with van der Waals surface area (Å²) in [6.45, 7) is 8.08. The SMILES string of the molecule is CCOCCNC(=O)NCCC(C)(C)CCC(=O)O. The number of carbonyl (C=O) groups excluding carboxylic acids is 1. The number of ether oxygens (including phenoxy) is 1. The van der Waals surface area contributed by atoms with Crippen LogP contribution in [0.25, 0.3) is 0 Å². The first-order valence-corrected chi connectivity index (χ1v) is 6.68. The zero-order chi connectivity index (χ0) is 14.7. The van der Waals surface area contributed by atoms with Crippen LogP contribution in [0.3, 0.4) is 0 Å². The molecule has 0 saturated carbocycles. The van der Waals surface area contributed by atoms with Crippen molar-refractivity contribution in [1.29, 1.82) is 0 Å². The van der Waals surface area contributed by atoms with E-state index in [4.69, 9.17) is 9.84 Å². The van der Waals surface area contributed by atoms with Gasteiger partial charge in [0.1, 0.15) is 0 Å². The topological polar surface area (TPSA) is 87.7 Å². The summed E-state index contributed by atoms with van der Waals surface area (Å²) in [6, 6.07) is -0.214. The molecule has 0 aromatic heterocycles. The van der Waals surface area contributed by atoms with Crippen molar-refractivity contribution >= 4 is 12.0 Å². The van der Waals surface area contributed by atoms with Gasteiger partial charge in [0.25, 0.3) is 0 Å². The number of carboxylic acid groups (broad SMARTS) is 1. The van der Waals surface area contributed by atoms with Gasteiger partial charge in [-0.3, -0.25) is 4.79 Å². The summed E-state index contributed by atoms with van der Waals surface area (Å²) >= 11 is 0. The molecule has 0 aromatic rings. The van der Waals surface area contributed by atoms with E-state index in [2.05, 4.69) is 10.6 Å². The number of rotatable bonds is 10. The Bertz CT molecular complexity index is 280. The number of urea groups is 1. The lowest BCUT2D eigenvalue weighted by molar-refractivity contribution is -0.137. The second-order valence-electron chi connectivity index (χ2n) is 5.19. The molecule has 0 fully saturated rings. The molecule has 112 valence electrons. The molecule has 0 atom stereocenters. The van der Waals surface area contributed by atoms with E-state index < -0.39 is 5.97 Å². The molecule has 0 heterocycles. The minimum atomic E-state index is -0.783. The van der Waals surface area contributed by atoms with Crippen molar-refractivity contribution in [1.82, 2.24) is 10.6 Å². The maximum absolute atomic E-state index is 11.4. The molecule has 0 aliphatic heterocycles. The fourth-order valence-corrected chi connectivity index (χ4v) is 1.53. The molecular weight excluding hydrogens is 248 g/mol. The van der Waals surface area contributed by atoms with Gasteiger partial charge in [-0.05, 0) is 25.2 Å². The van der Waals surface area contributed by atoms with Gasteiger partial charge < -0.3 is 20.5 Å². The van der Waals surface area contributed by atoms with Crippen LogP contribution in [0.4, 0.5) is 4.79 Å². The first-order valence-electron chi connectivity index (χ1n) is 6.68. The quantitative estimate of drug-likeness (QED) is 0.528. The van der Waals surface area contributed by atoms with Gasteiger partial charge >= 0.3 is 12.0 Å². The number of aliphatic carboxylic acids is 1. The highest BCUT2D eigenvalue weighted by atomic mass is 16.5. The summed E-state index contributed by atoms with van der Waals surface area (Å²) in [6.07, 6.45) is 1.52. The lowest BCUT2D eigenvalue weighted by atomic mass is 9.84. The number of amides is 2. The molecule has 6 heteroatoms. The third-order valence-electron chi connectivity index (χ3n) is 2.84. The summed E-state index contributed by atoms with van der Waals surface area (Å²) in [5, 5.41) is 14.1. The normalized spacial score (nSPS) is 11.1. The van der Waals surface area contributed by atoms with Gasteiger partial charge in [-0.1, -0.05) is 13.8 Å². The van der Waals surface area contributed by atoms with E-state index in [9.17, 15) is 9.59 Å². The van der Waals surface area contributed by atoms with Crippen molar-refractivity contribution in [3.63, 3.8) is 0 Å². The highest BCUT2D eigenvalue weighted by molar-refractivity contribution is 5.73. The number of carbonyl (C=O) groups is 2. The minimum absolute atomic E-state index is 0.0863. The van der Waals surface area contributed by atoms with Crippen LogP contribution in [-0.4, -0.2) is 43.4 Å². The molecule has 0 unspecified atom stereocenters. The summed E-state index contributed by atoms with van der Waals surface area (Å²) in [7, 11) is 0. The van der Waals surface area contributed by atoms with Gasteiger partial charge in [0, 0.05) is 26.1 Å². The van der Waals surface area contributed by atoms with E-state index in [0.717, 1.165) is 6.42 Å². The minimum Gasteiger partial charge on any atom is -0.481 e. The van der Waals surface area contributed by atoms with Gasteiger partial charge in [-0.25, -0.2) is 4.79 Å². The number of nitrogens with one attached hydrogen (secondary N) is 2. The van der Waals surface area contributed by atoms with Crippen molar-refractivity contribution in [2.75, 3.05) is 26.3 Å². The molecule has 3 N–H and O–H groups in total. The van der Waals surface area contributed by atoms with E-state index in [1.165, 1.54) is 0 Å². The Labute approximate surface area is 114 Å². The number of hydrogen-bond donors (Lipinski definition) is 3. The zero-order valence-electron chi connectivity index (χ0n) is 12.1. The van der Waals surface area contributed by atoms with Gasteiger partial charge in [-0.15, -0.1) is 0 Å². The van der Waals surface area contributed by atoms with Crippen molar-refractivity contribution in [3.05, 3.63) is 0 Å². The molecule has 0 rings (SSSR count). The van der Waals surface area contributed by atoms with Crippen molar-refractivity contribution in [2.45, 2.75) is 40.0 Å². The second-order valence-corrected chi connectivity index (χ2v) is 5.19. The summed E-state index contributed by atoms with van der Waals surface area (Å²) in [5.74, 6) is -0.783. The van der Waals surface area contributed by atoms with Crippen molar-refractivity contribution in [3.8, 4) is 0 Å². The lowest BCUT2D eigenvalue weighted by Crippen LogP contribution is -2.38. The zero-order valence-corrected chi connectivity index (χ0v) is 12.1. The molecule has 0 aromatic carbocycles. The Kier molecular flexibility index (Phi) is 8.95. The molecule has 0 aliphatic carbocycles. The maximum Gasteiger partial charge on any atom is 0.314 e. The van der Waals surface area contributed by atoms with Crippen LogP contribution in [0, 0.1) is 5.41 Å². The molecule has 2 amide bonds. The molecule has 6 nitrogen and oxygen atoms in total. The second kappa shape index (κ2) is 9.61. The fourth-order valence-electron chi connectivity index (χ4n) is 1.53. The Morgan fingerprint density at radius 2 is 1.79 bits per heavy atom. The molecular formula is C13H26N2O4. The van der Waals surface area contributed by atoms with E-state index in [1.807, 2.05) is 20.8 Å². The Morgan fingerprint density at radius 3 is 2.37 bits per heavy atom. The van der Waals surface area contributed by atoms with Crippen LogP contribution in [0.2, 0.25) is 0 Å². The first-order chi connectivity index (χ1) is 8.87. The molecule has 0 saturated heterocycles. The van der Waals surface area contributed by atoms with E-state index in [0.29, 0.717) is 32.7 Å². The Hall–Kier alpha value is -1.30. The predicted octanol–water partition coefficient (Wildman–Crippen LogP) is 1.60. The molecule has 0 aliphatic rings. The first kappa shape index (κ1) is 17.7. The standard InChI is InChI=1S/C13H26N2O4/c1-4-19-10-9-15-12(18)14-8-7-13(2,3)6-5-11(16)17/h4-10H2,1-3H3,(H,16,17)(H2,14,15,18). The molecule has 0 bridgehead atoms. The van der Waals surface area contributed by atoms with Crippen LogP contribution >= 0.6 is 0 Å². The molecule has 0 spiro atoms. The monoisotopic (exact) mass is 274 g/mol.